The molecule has 0 fully saturated rings. The maximum atomic E-state index is 11.8. The number of hydrogen-bond acceptors (Lipinski definition) is 2. The summed E-state index contributed by atoms with van der Waals surface area (Å²) < 4.78 is 5.49. The van der Waals surface area contributed by atoms with Crippen molar-refractivity contribution in [2.24, 2.45) is 17.8 Å². The zero-order valence-corrected chi connectivity index (χ0v) is 22.8. The van der Waals surface area contributed by atoms with Gasteiger partial charge in [-0.05, 0) is 91.6 Å². The molecule has 2 nitrogen and oxygen atoms in total. The highest BCUT2D eigenvalue weighted by Gasteiger charge is 2.19. The van der Waals surface area contributed by atoms with Crippen molar-refractivity contribution < 1.29 is 9.53 Å². The first-order valence-electron chi connectivity index (χ1n) is 13.6. The number of carbonyl (C=O) groups is 1. The van der Waals surface area contributed by atoms with Crippen molar-refractivity contribution in [2.75, 3.05) is 6.61 Å². The second-order valence-electron chi connectivity index (χ2n) is 11.6. The standard InChI is InChI=1S/C33H42O2/c1-8-31(34)35-14-13-23-18-24(15-20(2)3)28-11-12-30-26(17-22(6)7)19-25(16-21(4)5)29-10-9-27(23)32(28)33(29)30/h9-12,18-22H,8,13-17H2,1-7H3. The van der Waals surface area contributed by atoms with Gasteiger partial charge in [-0.2, -0.15) is 0 Å². The van der Waals surface area contributed by atoms with E-state index in [1.807, 2.05) is 6.92 Å². The van der Waals surface area contributed by atoms with Crippen molar-refractivity contribution in [2.45, 2.75) is 80.6 Å². The summed E-state index contributed by atoms with van der Waals surface area (Å²) >= 11 is 0. The molecule has 0 saturated carbocycles. The minimum Gasteiger partial charge on any atom is -0.465 e. The molecule has 4 aromatic rings. The third-order valence-corrected chi connectivity index (χ3v) is 7.05. The molecule has 0 bridgehead atoms. The van der Waals surface area contributed by atoms with Crippen LogP contribution in [0.25, 0.3) is 32.3 Å². The first-order chi connectivity index (χ1) is 16.7. The van der Waals surface area contributed by atoms with Gasteiger partial charge in [-0.3, -0.25) is 4.79 Å². The van der Waals surface area contributed by atoms with Gasteiger partial charge in [0.1, 0.15) is 0 Å². The number of benzene rings is 4. The summed E-state index contributed by atoms with van der Waals surface area (Å²) in [5.41, 5.74) is 5.67. The lowest BCUT2D eigenvalue weighted by atomic mass is 9.82. The third kappa shape index (κ3) is 5.32. The van der Waals surface area contributed by atoms with Crippen LogP contribution in [-0.4, -0.2) is 12.6 Å². The van der Waals surface area contributed by atoms with Crippen LogP contribution in [0.1, 0.15) is 77.1 Å². The van der Waals surface area contributed by atoms with Crippen molar-refractivity contribution in [3.05, 3.63) is 58.7 Å². The van der Waals surface area contributed by atoms with Crippen LogP contribution in [-0.2, 0) is 35.2 Å². The van der Waals surface area contributed by atoms with Gasteiger partial charge in [-0.25, -0.2) is 0 Å². The number of ether oxygens (including phenoxy) is 1. The lowest BCUT2D eigenvalue weighted by Crippen LogP contribution is -2.08. The molecule has 0 spiro atoms. The van der Waals surface area contributed by atoms with Gasteiger partial charge < -0.3 is 4.74 Å². The Bertz CT molecular complexity index is 1300. The van der Waals surface area contributed by atoms with E-state index in [4.69, 9.17) is 4.74 Å². The van der Waals surface area contributed by atoms with Crippen molar-refractivity contribution in [1.82, 2.24) is 0 Å². The van der Waals surface area contributed by atoms with Gasteiger partial charge in [0.25, 0.3) is 0 Å². The van der Waals surface area contributed by atoms with Crippen LogP contribution in [0.3, 0.4) is 0 Å². The summed E-state index contributed by atoms with van der Waals surface area (Å²) in [5, 5.41) is 8.36. The Morgan fingerprint density at radius 2 is 1.03 bits per heavy atom. The van der Waals surface area contributed by atoms with E-state index >= 15 is 0 Å². The van der Waals surface area contributed by atoms with Crippen LogP contribution in [0.2, 0.25) is 0 Å². The van der Waals surface area contributed by atoms with E-state index in [0.29, 0.717) is 30.8 Å². The molecule has 0 aliphatic carbocycles. The first kappa shape index (κ1) is 25.5. The molecule has 0 aromatic heterocycles. The fourth-order valence-electron chi connectivity index (χ4n) is 5.71. The Morgan fingerprint density at radius 3 is 1.40 bits per heavy atom. The molecule has 0 radical (unpaired) electrons. The maximum absolute atomic E-state index is 11.8. The number of hydrogen-bond donors (Lipinski definition) is 0. The van der Waals surface area contributed by atoms with Crippen LogP contribution in [0.4, 0.5) is 0 Å². The second kappa shape index (κ2) is 10.6. The lowest BCUT2D eigenvalue weighted by Gasteiger charge is -2.22. The highest BCUT2D eigenvalue weighted by atomic mass is 16.5. The Kier molecular flexibility index (Phi) is 7.69. The van der Waals surface area contributed by atoms with Gasteiger partial charge in [0, 0.05) is 12.8 Å². The Balaban J connectivity index is 2.02. The molecule has 4 aromatic carbocycles. The van der Waals surface area contributed by atoms with Crippen molar-refractivity contribution in [1.29, 1.82) is 0 Å². The fraction of sp³-hybridized carbons (Fsp3) is 0.485. The van der Waals surface area contributed by atoms with Crippen LogP contribution in [0.5, 0.6) is 0 Å². The number of esters is 1. The predicted octanol–water partition coefficient (Wildman–Crippen LogP) is 8.68. The quantitative estimate of drug-likeness (QED) is 0.171. The van der Waals surface area contributed by atoms with Gasteiger partial charge in [0.05, 0.1) is 6.61 Å². The molecule has 35 heavy (non-hydrogen) atoms. The van der Waals surface area contributed by atoms with Crippen molar-refractivity contribution in [3.8, 4) is 0 Å². The van der Waals surface area contributed by atoms with E-state index in [-0.39, 0.29) is 5.97 Å². The largest absolute Gasteiger partial charge is 0.465 e. The normalized spacial score (nSPS) is 12.3. The van der Waals surface area contributed by atoms with Crippen molar-refractivity contribution >= 4 is 38.3 Å². The predicted molar refractivity (Wildman–Crippen MR) is 151 cm³/mol. The molecule has 4 rings (SSSR count). The molecule has 0 heterocycles. The molecule has 0 aliphatic heterocycles. The molecule has 0 N–H and O–H groups in total. The molecule has 0 atom stereocenters. The van der Waals surface area contributed by atoms with E-state index in [9.17, 15) is 4.79 Å². The molecule has 0 amide bonds. The van der Waals surface area contributed by atoms with E-state index in [2.05, 4.69) is 77.9 Å². The number of rotatable bonds is 10. The molecular formula is C33H42O2. The Labute approximate surface area is 211 Å². The maximum Gasteiger partial charge on any atom is 0.305 e. The summed E-state index contributed by atoms with van der Waals surface area (Å²) in [6.07, 6.45) is 4.42. The van der Waals surface area contributed by atoms with E-state index in [0.717, 1.165) is 25.7 Å². The topological polar surface area (TPSA) is 26.3 Å². The fourth-order valence-corrected chi connectivity index (χ4v) is 5.71. The Morgan fingerprint density at radius 1 is 0.657 bits per heavy atom. The molecule has 2 heteroatoms. The van der Waals surface area contributed by atoms with Gasteiger partial charge >= 0.3 is 5.97 Å². The third-order valence-electron chi connectivity index (χ3n) is 7.05. The molecule has 186 valence electrons. The highest BCUT2D eigenvalue weighted by Crippen LogP contribution is 2.42. The molecule has 0 unspecified atom stereocenters. The van der Waals surface area contributed by atoms with Gasteiger partial charge in [-0.1, -0.05) is 84.9 Å². The average Bonchev–Trinajstić information content (AvgIpc) is 2.79. The minimum atomic E-state index is -0.123. The summed E-state index contributed by atoms with van der Waals surface area (Å²) in [5.74, 6) is 1.68. The summed E-state index contributed by atoms with van der Waals surface area (Å²) in [6.45, 7) is 16.1. The van der Waals surface area contributed by atoms with Gasteiger partial charge in [0.15, 0.2) is 0 Å². The Hall–Kier alpha value is -2.61. The van der Waals surface area contributed by atoms with Gasteiger partial charge in [-0.15, -0.1) is 0 Å². The smallest absolute Gasteiger partial charge is 0.305 e. The zero-order valence-electron chi connectivity index (χ0n) is 22.8. The van der Waals surface area contributed by atoms with Crippen LogP contribution in [0, 0.1) is 17.8 Å². The molecule has 0 aliphatic rings. The summed E-state index contributed by atoms with van der Waals surface area (Å²) in [6, 6.07) is 14.3. The molecule has 0 saturated heterocycles. The van der Waals surface area contributed by atoms with E-state index < -0.39 is 0 Å². The minimum absolute atomic E-state index is 0.123. The summed E-state index contributed by atoms with van der Waals surface area (Å²) in [4.78, 5) is 11.8. The van der Waals surface area contributed by atoms with E-state index in [1.54, 1.807) is 0 Å². The van der Waals surface area contributed by atoms with Crippen LogP contribution >= 0.6 is 0 Å². The zero-order chi connectivity index (χ0) is 25.3. The van der Waals surface area contributed by atoms with Crippen molar-refractivity contribution in [3.63, 3.8) is 0 Å². The monoisotopic (exact) mass is 470 g/mol. The van der Waals surface area contributed by atoms with Gasteiger partial charge in [0.2, 0.25) is 0 Å². The first-order valence-corrected chi connectivity index (χ1v) is 13.6. The van der Waals surface area contributed by atoms with Crippen LogP contribution in [0.15, 0.2) is 36.4 Å². The number of carbonyl (C=O) groups excluding carboxylic acids is 1. The summed E-state index contributed by atoms with van der Waals surface area (Å²) in [7, 11) is 0. The van der Waals surface area contributed by atoms with E-state index in [1.165, 1.54) is 54.6 Å². The SMILES string of the molecule is CCC(=O)OCCc1cc(CC(C)C)c2ccc3c(CC(C)C)cc(CC(C)C)c4ccc1c2c43. The average molecular weight is 471 g/mol. The second-order valence-corrected chi connectivity index (χ2v) is 11.6. The highest BCUT2D eigenvalue weighted by molar-refractivity contribution is 6.25. The van der Waals surface area contributed by atoms with Crippen LogP contribution < -0.4 is 0 Å². The lowest BCUT2D eigenvalue weighted by molar-refractivity contribution is -0.143. The molecular weight excluding hydrogens is 428 g/mol.